The Balaban J connectivity index is 0.00000308. The number of benzene rings is 1. The van der Waals surface area contributed by atoms with E-state index in [1.165, 1.54) is 11.3 Å². The van der Waals surface area contributed by atoms with Gasteiger partial charge >= 0.3 is 6.18 Å². The number of fused-ring (bicyclic) bond motifs is 1. The number of anilines is 1. The molecule has 2 aliphatic heterocycles. The summed E-state index contributed by atoms with van der Waals surface area (Å²) in [6, 6.07) is 7.40. The molecule has 2 fully saturated rings. The molecule has 0 aliphatic carbocycles. The second-order valence-corrected chi connectivity index (χ2v) is 10.1. The minimum Gasteiger partial charge on any atom is -0.334 e. The lowest BCUT2D eigenvalue weighted by molar-refractivity contribution is -0.138. The maximum absolute atomic E-state index is 12.9. The molecule has 0 N–H and O–H groups in total. The Labute approximate surface area is 231 Å². The van der Waals surface area contributed by atoms with Crippen LogP contribution in [-0.4, -0.2) is 79.9 Å². The molecule has 39 heavy (non-hydrogen) atoms. The molecule has 0 radical (unpaired) electrons. The minimum atomic E-state index is -4.50. The highest BCUT2D eigenvalue weighted by atomic mass is 35.5. The Hall–Kier alpha value is -3.55. The van der Waals surface area contributed by atoms with Crippen LogP contribution < -0.4 is 4.90 Å². The van der Waals surface area contributed by atoms with E-state index in [9.17, 15) is 22.8 Å². The van der Waals surface area contributed by atoms with Gasteiger partial charge in [0.1, 0.15) is 0 Å². The van der Waals surface area contributed by atoms with Crippen LogP contribution in [0.25, 0.3) is 16.9 Å². The van der Waals surface area contributed by atoms with Gasteiger partial charge in [-0.25, -0.2) is 15.0 Å². The van der Waals surface area contributed by atoms with E-state index in [2.05, 4.69) is 19.9 Å². The third-order valence-corrected chi connectivity index (χ3v) is 7.77. The van der Waals surface area contributed by atoms with Gasteiger partial charge in [-0.1, -0.05) is 0 Å². The number of halogens is 4. The van der Waals surface area contributed by atoms with Gasteiger partial charge in [-0.2, -0.15) is 13.2 Å². The van der Waals surface area contributed by atoms with Crippen molar-refractivity contribution in [3.8, 4) is 5.95 Å². The minimum absolute atomic E-state index is 0. The zero-order valence-corrected chi connectivity index (χ0v) is 22.0. The van der Waals surface area contributed by atoms with Gasteiger partial charge < -0.3 is 9.80 Å². The standard InChI is InChI=1S/C25H22F3N7O2S.ClH/c26-25(27,28)17-13-30-24(31-14-17)34-5-3-16-11-18(1-2-20(16)34)35-15-19(12-21(35)36)32-6-8-33(9-7-32)23(37)22-29-4-10-38-22;/h1-5,10-11,13-14,19H,6-9,12,15H2;1H/t19-;/m1./s1. The third kappa shape index (κ3) is 5.21. The summed E-state index contributed by atoms with van der Waals surface area (Å²) in [5.74, 6) is 0.109. The molecule has 9 nitrogen and oxygen atoms in total. The molecule has 2 saturated heterocycles. The predicted octanol–water partition coefficient (Wildman–Crippen LogP) is 3.88. The first-order chi connectivity index (χ1) is 18.3. The fourth-order valence-corrected chi connectivity index (χ4v) is 5.60. The molecule has 3 aromatic heterocycles. The molecule has 1 aromatic carbocycles. The molecule has 0 saturated carbocycles. The van der Waals surface area contributed by atoms with Crippen molar-refractivity contribution in [3.05, 3.63) is 65.0 Å². The Bertz CT molecular complexity index is 1490. The number of alkyl halides is 3. The first kappa shape index (κ1) is 27.0. The fraction of sp³-hybridized carbons (Fsp3) is 0.320. The van der Waals surface area contributed by atoms with E-state index in [0.717, 1.165) is 29.0 Å². The van der Waals surface area contributed by atoms with Crippen molar-refractivity contribution in [2.24, 2.45) is 0 Å². The summed E-state index contributed by atoms with van der Waals surface area (Å²) in [7, 11) is 0. The molecule has 14 heteroatoms. The number of thiazole rings is 1. The average Bonchev–Trinajstić information content (AvgIpc) is 3.68. The van der Waals surface area contributed by atoms with Crippen LogP contribution >= 0.6 is 23.7 Å². The lowest BCUT2D eigenvalue weighted by Crippen LogP contribution is -2.52. The largest absolute Gasteiger partial charge is 0.419 e. The third-order valence-electron chi connectivity index (χ3n) is 7.00. The van der Waals surface area contributed by atoms with Crippen LogP contribution in [0.4, 0.5) is 18.9 Å². The summed E-state index contributed by atoms with van der Waals surface area (Å²) in [5.41, 5.74) is 0.570. The second kappa shape index (κ2) is 10.5. The topological polar surface area (TPSA) is 87.5 Å². The Kier molecular flexibility index (Phi) is 7.31. The molecule has 0 spiro atoms. The highest BCUT2D eigenvalue weighted by Gasteiger charge is 2.36. The summed E-state index contributed by atoms with van der Waals surface area (Å²) in [4.78, 5) is 43.2. The van der Waals surface area contributed by atoms with Crippen molar-refractivity contribution in [2.45, 2.75) is 18.6 Å². The molecule has 1 atom stereocenters. The van der Waals surface area contributed by atoms with E-state index in [4.69, 9.17) is 0 Å². The molecule has 5 heterocycles. The van der Waals surface area contributed by atoms with Crippen molar-refractivity contribution in [1.82, 2.24) is 29.3 Å². The first-order valence-corrected chi connectivity index (χ1v) is 12.9. The van der Waals surface area contributed by atoms with Crippen LogP contribution in [0.1, 0.15) is 21.8 Å². The molecular formula is C25H23ClF3N7O2S. The molecule has 6 rings (SSSR count). The average molecular weight is 578 g/mol. The highest BCUT2D eigenvalue weighted by molar-refractivity contribution is 7.11. The maximum atomic E-state index is 12.9. The Morgan fingerprint density at radius 1 is 1.03 bits per heavy atom. The van der Waals surface area contributed by atoms with Crippen molar-refractivity contribution < 1.29 is 22.8 Å². The maximum Gasteiger partial charge on any atom is 0.419 e. The van der Waals surface area contributed by atoms with Crippen molar-refractivity contribution >= 4 is 52.1 Å². The molecular weight excluding hydrogens is 555 g/mol. The molecule has 2 amide bonds. The summed E-state index contributed by atoms with van der Waals surface area (Å²) in [6.07, 6.45) is 0.748. The van der Waals surface area contributed by atoms with Gasteiger partial charge in [-0.05, 0) is 24.3 Å². The molecule has 204 valence electrons. The smallest absolute Gasteiger partial charge is 0.334 e. The number of nitrogens with zero attached hydrogens (tertiary/aromatic N) is 7. The van der Waals surface area contributed by atoms with Crippen molar-refractivity contribution in [1.29, 1.82) is 0 Å². The van der Waals surface area contributed by atoms with Gasteiger partial charge in [0.25, 0.3) is 5.91 Å². The number of amides is 2. The number of aromatic nitrogens is 4. The summed E-state index contributed by atoms with van der Waals surface area (Å²) < 4.78 is 40.2. The number of carbonyl (C=O) groups is 2. The number of hydrogen-bond acceptors (Lipinski definition) is 7. The van der Waals surface area contributed by atoms with Crippen LogP contribution in [0.3, 0.4) is 0 Å². The number of piperazine rings is 1. The zero-order chi connectivity index (χ0) is 26.4. The van der Waals surface area contributed by atoms with Crippen LogP contribution in [0, 0.1) is 0 Å². The SMILES string of the molecule is Cl.O=C(c1nccs1)N1CCN([C@@H]2CC(=O)N(c3ccc4c(ccn4-c4ncc(C(F)(F)F)cn4)c3)C2)CC1. The van der Waals surface area contributed by atoms with Gasteiger partial charge in [0.15, 0.2) is 5.01 Å². The Morgan fingerprint density at radius 3 is 2.44 bits per heavy atom. The number of rotatable bonds is 4. The first-order valence-electron chi connectivity index (χ1n) is 12.0. The lowest BCUT2D eigenvalue weighted by Gasteiger charge is -2.37. The number of carbonyl (C=O) groups excluding carboxylic acids is 2. The van der Waals surface area contributed by atoms with Crippen LogP contribution in [0.2, 0.25) is 0 Å². The molecule has 0 bridgehead atoms. The van der Waals surface area contributed by atoms with Crippen molar-refractivity contribution in [3.63, 3.8) is 0 Å². The van der Waals surface area contributed by atoms with Gasteiger partial charge in [0.05, 0.1) is 11.1 Å². The van der Waals surface area contributed by atoms with Crippen LogP contribution in [0.5, 0.6) is 0 Å². The normalized spacial score (nSPS) is 18.5. The highest BCUT2D eigenvalue weighted by Crippen LogP contribution is 2.31. The summed E-state index contributed by atoms with van der Waals surface area (Å²) >= 11 is 1.33. The van der Waals surface area contributed by atoms with Gasteiger partial charge in [-0.3, -0.25) is 19.1 Å². The monoisotopic (exact) mass is 577 g/mol. The van der Waals surface area contributed by atoms with Gasteiger partial charge in [-0.15, -0.1) is 23.7 Å². The van der Waals surface area contributed by atoms with E-state index in [1.807, 2.05) is 29.2 Å². The van der Waals surface area contributed by atoms with E-state index in [-0.39, 0.29) is 36.2 Å². The van der Waals surface area contributed by atoms with Crippen LogP contribution in [-0.2, 0) is 11.0 Å². The van der Waals surface area contributed by atoms with E-state index in [1.54, 1.807) is 27.2 Å². The summed E-state index contributed by atoms with van der Waals surface area (Å²) in [6.45, 7) is 3.12. The van der Waals surface area contributed by atoms with Crippen LogP contribution in [0.15, 0.2) is 54.4 Å². The summed E-state index contributed by atoms with van der Waals surface area (Å²) in [5, 5.41) is 3.10. The fourth-order valence-electron chi connectivity index (χ4n) is 5.00. The predicted molar refractivity (Wildman–Crippen MR) is 141 cm³/mol. The zero-order valence-electron chi connectivity index (χ0n) is 20.4. The quantitative estimate of drug-likeness (QED) is 0.366. The van der Waals surface area contributed by atoms with Gasteiger partial charge in [0.2, 0.25) is 11.9 Å². The van der Waals surface area contributed by atoms with Crippen molar-refractivity contribution in [2.75, 3.05) is 37.6 Å². The molecule has 2 aliphatic rings. The second-order valence-electron chi connectivity index (χ2n) is 9.23. The Morgan fingerprint density at radius 2 is 1.77 bits per heavy atom. The lowest BCUT2D eigenvalue weighted by atomic mass is 10.2. The van der Waals surface area contributed by atoms with Gasteiger partial charge in [0, 0.05) is 86.4 Å². The molecule has 4 aromatic rings. The van der Waals surface area contributed by atoms with E-state index >= 15 is 0 Å². The van der Waals surface area contributed by atoms with E-state index in [0.29, 0.717) is 44.2 Å². The number of hydrogen-bond donors (Lipinski definition) is 0. The molecule has 0 unspecified atom stereocenters. The van der Waals surface area contributed by atoms with E-state index < -0.39 is 11.7 Å².